The van der Waals surface area contributed by atoms with Gasteiger partial charge in [0.05, 0.1) is 19.8 Å². The van der Waals surface area contributed by atoms with E-state index in [4.69, 9.17) is 17.0 Å². The van der Waals surface area contributed by atoms with Crippen LogP contribution < -0.4 is 10.2 Å². The molecule has 0 atom stereocenters. The molecule has 1 saturated heterocycles. The highest BCUT2D eigenvalue weighted by atomic mass is 32.1. The Morgan fingerprint density at radius 1 is 1.00 bits per heavy atom. The van der Waals surface area contributed by atoms with Crippen molar-refractivity contribution in [2.75, 3.05) is 44.3 Å². The van der Waals surface area contributed by atoms with Gasteiger partial charge in [-0.05, 0) is 29.9 Å². The van der Waals surface area contributed by atoms with Gasteiger partial charge in [-0.2, -0.15) is 0 Å². The van der Waals surface area contributed by atoms with Crippen molar-refractivity contribution in [2.24, 2.45) is 0 Å². The predicted molar refractivity (Wildman–Crippen MR) is 107 cm³/mol. The maximum absolute atomic E-state index is 5.70. The van der Waals surface area contributed by atoms with Crippen LogP contribution in [0.1, 0.15) is 5.56 Å². The fourth-order valence-electron chi connectivity index (χ4n) is 2.90. The highest BCUT2D eigenvalue weighted by molar-refractivity contribution is 7.80. The SMILES string of the molecule is S=C(NCCN1CCOCC1)N(Cc1ccccc1)c1ccccc1. The molecule has 4 nitrogen and oxygen atoms in total. The molecule has 0 amide bonds. The highest BCUT2D eigenvalue weighted by Gasteiger charge is 2.14. The average Bonchev–Trinajstić information content (AvgIpc) is 2.68. The zero-order chi connectivity index (χ0) is 17.3. The van der Waals surface area contributed by atoms with Crippen LogP contribution in [0.3, 0.4) is 0 Å². The second-order valence-electron chi connectivity index (χ2n) is 6.09. The smallest absolute Gasteiger partial charge is 0.173 e. The van der Waals surface area contributed by atoms with Crippen LogP contribution >= 0.6 is 12.2 Å². The van der Waals surface area contributed by atoms with Gasteiger partial charge in [-0.1, -0.05) is 48.5 Å². The lowest BCUT2D eigenvalue weighted by atomic mass is 10.2. The zero-order valence-electron chi connectivity index (χ0n) is 14.4. The summed E-state index contributed by atoms with van der Waals surface area (Å²) in [6, 6.07) is 20.7. The summed E-state index contributed by atoms with van der Waals surface area (Å²) in [6.07, 6.45) is 0. The Bertz CT molecular complexity index is 645. The summed E-state index contributed by atoms with van der Waals surface area (Å²) in [4.78, 5) is 4.56. The number of hydrogen-bond donors (Lipinski definition) is 1. The van der Waals surface area contributed by atoms with Gasteiger partial charge in [0.2, 0.25) is 0 Å². The number of ether oxygens (including phenoxy) is 1. The van der Waals surface area contributed by atoms with Crippen molar-refractivity contribution in [3.05, 3.63) is 66.2 Å². The molecule has 0 unspecified atom stereocenters. The molecule has 0 radical (unpaired) electrons. The molecule has 2 aromatic rings. The maximum atomic E-state index is 5.70. The fraction of sp³-hybridized carbons (Fsp3) is 0.350. The van der Waals surface area contributed by atoms with Crippen molar-refractivity contribution in [2.45, 2.75) is 6.54 Å². The molecule has 1 aliphatic rings. The van der Waals surface area contributed by atoms with Crippen molar-refractivity contribution in [3.8, 4) is 0 Å². The second kappa shape index (κ2) is 9.51. The number of nitrogens with zero attached hydrogens (tertiary/aromatic N) is 2. The van der Waals surface area contributed by atoms with Crippen molar-refractivity contribution in [3.63, 3.8) is 0 Å². The number of para-hydroxylation sites is 1. The van der Waals surface area contributed by atoms with Crippen LogP contribution in [0.2, 0.25) is 0 Å². The zero-order valence-corrected chi connectivity index (χ0v) is 15.3. The van der Waals surface area contributed by atoms with Gasteiger partial charge in [0.1, 0.15) is 0 Å². The molecule has 25 heavy (non-hydrogen) atoms. The molecule has 0 spiro atoms. The maximum Gasteiger partial charge on any atom is 0.173 e. The lowest BCUT2D eigenvalue weighted by Gasteiger charge is -2.29. The molecule has 2 aromatic carbocycles. The minimum absolute atomic E-state index is 0.758. The summed E-state index contributed by atoms with van der Waals surface area (Å²) in [5.41, 5.74) is 2.35. The van der Waals surface area contributed by atoms with Gasteiger partial charge in [0.25, 0.3) is 0 Å². The van der Waals surface area contributed by atoms with Crippen LogP contribution in [0.15, 0.2) is 60.7 Å². The minimum atomic E-state index is 0.758. The monoisotopic (exact) mass is 355 g/mol. The van der Waals surface area contributed by atoms with E-state index in [1.165, 1.54) is 5.56 Å². The summed E-state index contributed by atoms with van der Waals surface area (Å²) >= 11 is 5.70. The van der Waals surface area contributed by atoms with Gasteiger partial charge in [-0.3, -0.25) is 4.90 Å². The molecule has 3 rings (SSSR count). The Balaban J connectivity index is 1.60. The summed E-state index contributed by atoms with van der Waals surface area (Å²) in [7, 11) is 0. The fourth-order valence-corrected chi connectivity index (χ4v) is 3.17. The van der Waals surface area contributed by atoms with E-state index in [2.05, 4.69) is 51.5 Å². The lowest BCUT2D eigenvalue weighted by Crippen LogP contribution is -2.45. The normalized spacial score (nSPS) is 14.9. The van der Waals surface area contributed by atoms with Crippen LogP contribution in [0.25, 0.3) is 0 Å². The van der Waals surface area contributed by atoms with Crippen molar-refractivity contribution in [1.29, 1.82) is 0 Å². The van der Waals surface area contributed by atoms with Gasteiger partial charge < -0.3 is 15.0 Å². The van der Waals surface area contributed by atoms with Gasteiger partial charge >= 0.3 is 0 Å². The lowest BCUT2D eigenvalue weighted by molar-refractivity contribution is 0.0389. The van der Waals surface area contributed by atoms with Crippen LogP contribution in [-0.4, -0.2) is 49.4 Å². The summed E-state index contributed by atoms with van der Waals surface area (Å²) in [5, 5.41) is 4.19. The van der Waals surface area contributed by atoms with Gasteiger partial charge in [0.15, 0.2) is 5.11 Å². The van der Waals surface area contributed by atoms with Crippen LogP contribution in [-0.2, 0) is 11.3 Å². The molecule has 0 saturated carbocycles. The van der Waals surface area contributed by atoms with E-state index >= 15 is 0 Å². The minimum Gasteiger partial charge on any atom is -0.379 e. The van der Waals surface area contributed by atoms with Crippen molar-refractivity contribution < 1.29 is 4.74 Å². The molecule has 1 N–H and O–H groups in total. The Labute approximate surface area is 155 Å². The molecular weight excluding hydrogens is 330 g/mol. The van der Waals surface area contributed by atoms with Crippen molar-refractivity contribution in [1.82, 2.24) is 10.2 Å². The first-order valence-electron chi connectivity index (χ1n) is 8.77. The van der Waals surface area contributed by atoms with E-state index in [-0.39, 0.29) is 0 Å². The number of rotatable bonds is 6. The Morgan fingerprint density at radius 3 is 2.32 bits per heavy atom. The number of morpholine rings is 1. The number of anilines is 1. The molecule has 0 aromatic heterocycles. The first kappa shape index (κ1) is 17.9. The summed E-state index contributed by atoms with van der Waals surface area (Å²) in [6.45, 7) is 6.24. The topological polar surface area (TPSA) is 27.7 Å². The van der Waals surface area contributed by atoms with Crippen LogP contribution in [0.5, 0.6) is 0 Å². The second-order valence-corrected chi connectivity index (χ2v) is 6.48. The third-order valence-electron chi connectivity index (χ3n) is 4.30. The number of benzene rings is 2. The number of nitrogens with one attached hydrogen (secondary N) is 1. The highest BCUT2D eigenvalue weighted by Crippen LogP contribution is 2.17. The van der Waals surface area contributed by atoms with E-state index in [0.29, 0.717) is 0 Å². The third-order valence-corrected chi connectivity index (χ3v) is 4.67. The van der Waals surface area contributed by atoms with E-state index in [1.807, 2.05) is 24.3 Å². The van der Waals surface area contributed by atoms with Gasteiger partial charge in [0, 0.05) is 31.9 Å². The number of hydrogen-bond acceptors (Lipinski definition) is 3. The Kier molecular flexibility index (Phi) is 6.79. The third kappa shape index (κ3) is 5.53. The molecule has 1 fully saturated rings. The van der Waals surface area contributed by atoms with E-state index in [0.717, 1.165) is 56.7 Å². The standard InChI is InChI=1S/C20H25N3OS/c25-20(21-11-12-22-13-15-24-16-14-22)23(19-9-5-2-6-10-19)17-18-7-3-1-4-8-18/h1-10H,11-17H2,(H,21,25). The Morgan fingerprint density at radius 2 is 1.64 bits per heavy atom. The van der Waals surface area contributed by atoms with Gasteiger partial charge in [-0.15, -0.1) is 0 Å². The first-order chi connectivity index (χ1) is 12.3. The summed E-state index contributed by atoms with van der Waals surface area (Å²) < 4.78 is 5.39. The Hall–Kier alpha value is -1.95. The quantitative estimate of drug-likeness (QED) is 0.805. The molecule has 0 aliphatic carbocycles. The number of thiocarbonyl (C=S) groups is 1. The van der Waals surface area contributed by atoms with Crippen LogP contribution in [0.4, 0.5) is 5.69 Å². The summed E-state index contributed by atoms with van der Waals surface area (Å²) in [5.74, 6) is 0. The first-order valence-corrected chi connectivity index (χ1v) is 9.18. The van der Waals surface area contributed by atoms with Gasteiger partial charge in [-0.25, -0.2) is 0 Å². The molecule has 1 aliphatic heterocycles. The molecule has 132 valence electrons. The molecule has 1 heterocycles. The average molecular weight is 356 g/mol. The molecule has 5 heteroatoms. The molecular formula is C20H25N3OS. The molecule has 0 bridgehead atoms. The van der Waals surface area contributed by atoms with E-state index in [9.17, 15) is 0 Å². The van der Waals surface area contributed by atoms with E-state index in [1.54, 1.807) is 0 Å². The van der Waals surface area contributed by atoms with E-state index < -0.39 is 0 Å². The van der Waals surface area contributed by atoms with Crippen molar-refractivity contribution >= 4 is 23.0 Å². The van der Waals surface area contributed by atoms with Crippen LogP contribution in [0, 0.1) is 0 Å². The predicted octanol–water partition coefficient (Wildman–Crippen LogP) is 2.90. The largest absolute Gasteiger partial charge is 0.379 e.